The molecule has 1 heterocycles. The fourth-order valence-corrected chi connectivity index (χ4v) is 7.33. The van der Waals surface area contributed by atoms with Crippen LogP contribution in [0.3, 0.4) is 0 Å². The maximum absolute atomic E-state index is 12.0. The molecule has 9 heteroatoms. The molecule has 0 saturated carbocycles. The number of amides is 1. The third-order valence-electron chi connectivity index (χ3n) is 3.80. The average molecular weight is 503 g/mol. The summed E-state index contributed by atoms with van der Waals surface area (Å²) in [5.41, 5.74) is 0.253. The number of nitrogens with one attached hydrogen (secondary N) is 3. The predicted octanol–water partition coefficient (Wildman–Crippen LogP) is 3.44. The first-order valence-electron chi connectivity index (χ1n) is 8.13. The summed E-state index contributed by atoms with van der Waals surface area (Å²) in [5.74, 6) is 0.757. The van der Waals surface area contributed by atoms with E-state index in [1.807, 2.05) is 0 Å². The number of halogens is 2. The van der Waals surface area contributed by atoms with Gasteiger partial charge in [-0.25, -0.2) is 0 Å². The summed E-state index contributed by atoms with van der Waals surface area (Å²) in [6.45, 7) is 0. The van der Waals surface area contributed by atoms with Gasteiger partial charge in [-0.1, -0.05) is 0 Å². The van der Waals surface area contributed by atoms with Crippen molar-refractivity contribution in [3.05, 3.63) is 35.9 Å². The van der Waals surface area contributed by atoms with Gasteiger partial charge in [0, 0.05) is 0 Å². The molecule has 0 unspecified atom stereocenters. The zero-order valence-corrected chi connectivity index (χ0v) is 17.6. The number of allylic oxidation sites excluding steroid dienone is 1. The number of carbonyl (C=O) groups excluding carboxylic acids is 1. The van der Waals surface area contributed by atoms with Crippen molar-refractivity contribution in [2.45, 2.75) is 18.9 Å². The molecule has 1 amide bonds. The van der Waals surface area contributed by atoms with Gasteiger partial charge in [-0.2, -0.15) is 0 Å². The summed E-state index contributed by atoms with van der Waals surface area (Å²) in [7, 11) is 1.52. The Kier molecular flexibility index (Phi) is 8.06. The van der Waals surface area contributed by atoms with Crippen molar-refractivity contribution in [2.24, 2.45) is 0 Å². The van der Waals surface area contributed by atoms with E-state index in [2.05, 4.69) is 11.4 Å². The molecule has 2 rings (SSSR count). The topological polar surface area (TPSA) is 119 Å². The molecule has 144 valence electrons. The summed E-state index contributed by atoms with van der Waals surface area (Å²) in [6, 6.07) is 7.32. The van der Waals surface area contributed by atoms with Crippen LogP contribution in [0.2, 0.25) is 0 Å². The van der Waals surface area contributed by atoms with Gasteiger partial charge in [-0.05, 0) is 0 Å². The fraction of sp³-hybridized carbons (Fsp3) is 0.333. The molecule has 7 nitrogen and oxygen atoms in total. The van der Waals surface area contributed by atoms with E-state index in [4.69, 9.17) is 35.5 Å². The third-order valence-corrected chi connectivity index (χ3v) is 8.71. The van der Waals surface area contributed by atoms with Crippen LogP contribution in [0.1, 0.15) is 18.4 Å². The Morgan fingerprint density at radius 3 is 2.67 bits per heavy atom. The number of hydrogen-bond acceptors (Lipinski definition) is 6. The van der Waals surface area contributed by atoms with Crippen LogP contribution in [-0.2, 0) is 4.79 Å². The van der Waals surface area contributed by atoms with Gasteiger partial charge >= 0.3 is 171 Å². The Labute approximate surface area is 170 Å². The Morgan fingerprint density at radius 2 is 2.07 bits per heavy atom. The minimum absolute atomic E-state index is 0.0226. The molecule has 27 heavy (non-hydrogen) atoms. The van der Waals surface area contributed by atoms with Gasteiger partial charge < -0.3 is 0 Å². The third kappa shape index (κ3) is 6.52. The van der Waals surface area contributed by atoms with Gasteiger partial charge in [0.15, 0.2) is 0 Å². The quantitative estimate of drug-likeness (QED) is 0.301. The molecular formula is C18H20ClIN4O3. The van der Waals surface area contributed by atoms with Crippen LogP contribution in [0.4, 0.5) is 0 Å². The van der Waals surface area contributed by atoms with Crippen molar-refractivity contribution in [3.63, 3.8) is 0 Å². The van der Waals surface area contributed by atoms with Crippen molar-refractivity contribution >= 4 is 48.6 Å². The molecule has 1 aliphatic rings. The van der Waals surface area contributed by atoms with E-state index >= 15 is 0 Å². The van der Waals surface area contributed by atoms with Crippen LogP contribution >= 0.6 is 31.8 Å². The number of ether oxygens (including phenoxy) is 1. The van der Waals surface area contributed by atoms with Crippen molar-refractivity contribution in [2.75, 3.05) is 16.0 Å². The van der Waals surface area contributed by atoms with Crippen molar-refractivity contribution in [1.29, 1.82) is 16.1 Å². The Balaban J connectivity index is 1.83. The van der Waals surface area contributed by atoms with Crippen LogP contribution in [0.25, 0.3) is 0 Å². The molecule has 1 aromatic rings. The van der Waals surface area contributed by atoms with Gasteiger partial charge in [0.05, 0.1) is 0 Å². The molecule has 0 aliphatic carbocycles. The zero-order chi connectivity index (χ0) is 19.8. The number of nitrogens with zero attached hydrogens (tertiary/aromatic N) is 1. The van der Waals surface area contributed by atoms with Gasteiger partial charge in [0.2, 0.25) is 0 Å². The van der Waals surface area contributed by atoms with Crippen LogP contribution in [0.15, 0.2) is 30.4 Å². The predicted molar refractivity (Wildman–Crippen MR) is 114 cm³/mol. The first kappa shape index (κ1) is 21.2. The molecule has 0 atom stereocenters. The van der Waals surface area contributed by atoms with Crippen molar-refractivity contribution < 1.29 is 12.6 Å². The summed E-state index contributed by atoms with van der Waals surface area (Å²) in [6.07, 6.45) is 4.04. The molecule has 1 fully saturated rings. The molecule has 0 spiro atoms. The van der Waals surface area contributed by atoms with Gasteiger partial charge in [0.25, 0.3) is 0 Å². The van der Waals surface area contributed by atoms with Crippen LogP contribution in [0, 0.1) is 22.1 Å². The van der Waals surface area contributed by atoms with Gasteiger partial charge in [0.1, 0.15) is 0 Å². The SMILES string of the molecule is COc1cc(OI2CCC(NC(=O)C(=N)/C=C\C(=N)Cl)CC2)ccc1C#N. The van der Waals surface area contributed by atoms with Gasteiger partial charge in [-0.3, -0.25) is 0 Å². The second-order valence-electron chi connectivity index (χ2n) is 5.68. The Bertz CT molecular complexity index is 798. The normalized spacial score (nSPS) is 15.8. The monoisotopic (exact) mass is 502 g/mol. The standard InChI is InChI=1S/C18H20ClIN4O3/c1-26-16-10-14(3-2-12(16)11-21)27-20-8-6-13(7-9-20)24-18(25)15(22)4-5-17(19)23/h2-5,10,13,22-23H,6-9H2,1H3,(H,24,25)/b5-4-,22-15?,23-17?. The first-order chi connectivity index (χ1) is 12.9. The molecular weight excluding hydrogens is 483 g/mol. The Hall–Kier alpha value is -2.12. The summed E-state index contributed by atoms with van der Waals surface area (Å²) in [5, 5.41) is 26.4. The van der Waals surface area contributed by atoms with Crippen molar-refractivity contribution in [1.82, 2.24) is 5.32 Å². The van der Waals surface area contributed by atoms with E-state index in [0.29, 0.717) is 17.1 Å². The maximum atomic E-state index is 12.0. The van der Waals surface area contributed by atoms with Gasteiger partial charge in [-0.15, -0.1) is 0 Å². The number of hydrogen-bond donors (Lipinski definition) is 3. The number of carbonyl (C=O) groups is 1. The molecule has 1 aliphatic heterocycles. The van der Waals surface area contributed by atoms with E-state index in [0.717, 1.165) is 21.7 Å². The number of rotatable bonds is 7. The van der Waals surface area contributed by atoms with E-state index in [9.17, 15) is 4.79 Å². The van der Waals surface area contributed by atoms with Crippen LogP contribution in [0.5, 0.6) is 11.5 Å². The summed E-state index contributed by atoms with van der Waals surface area (Å²) >= 11 is 3.74. The van der Waals surface area contributed by atoms with Crippen molar-refractivity contribution in [3.8, 4) is 17.6 Å². The molecule has 1 saturated heterocycles. The summed E-state index contributed by atoms with van der Waals surface area (Å²) < 4.78 is 13.2. The molecule has 0 radical (unpaired) electrons. The average Bonchev–Trinajstić information content (AvgIpc) is 2.67. The second kappa shape index (κ2) is 10.3. The zero-order valence-electron chi connectivity index (χ0n) is 14.7. The number of nitriles is 1. The first-order valence-corrected chi connectivity index (χ1v) is 12.4. The fourth-order valence-electron chi connectivity index (χ4n) is 2.40. The van der Waals surface area contributed by atoms with Crippen LogP contribution in [-0.4, -0.2) is 38.8 Å². The van der Waals surface area contributed by atoms with E-state index in [1.165, 1.54) is 19.3 Å². The molecule has 3 N–H and O–H groups in total. The number of methoxy groups -OCH3 is 1. The molecule has 0 aromatic heterocycles. The number of benzene rings is 1. The second-order valence-corrected chi connectivity index (χ2v) is 11.0. The van der Waals surface area contributed by atoms with E-state index in [1.54, 1.807) is 18.2 Å². The van der Waals surface area contributed by atoms with E-state index in [-0.39, 0.29) is 16.9 Å². The molecule has 0 bridgehead atoms. The number of alkyl halides is 2. The molecule has 1 aromatic carbocycles. The minimum atomic E-state index is -1.64. The van der Waals surface area contributed by atoms with E-state index < -0.39 is 26.1 Å². The van der Waals surface area contributed by atoms with Crippen LogP contribution < -0.4 is 13.1 Å². The Morgan fingerprint density at radius 1 is 1.37 bits per heavy atom. The summed E-state index contributed by atoms with van der Waals surface area (Å²) in [4.78, 5) is 12.0.